The van der Waals surface area contributed by atoms with E-state index < -0.39 is 0 Å². The number of fused-ring (bicyclic) bond motifs is 2. The molecule has 1 atom stereocenters. The molecule has 1 saturated heterocycles. The molecule has 2 aliphatic heterocycles. The lowest BCUT2D eigenvalue weighted by Crippen LogP contribution is -2.64. The molecule has 2 aromatic rings. The fraction of sp³-hybridized carbons (Fsp3) is 0.600. The zero-order valence-corrected chi connectivity index (χ0v) is 16.7. The van der Waals surface area contributed by atoms with Gasteiger partial charge in [-0.25, -0.2) is 4.98 Å². The summed E-state index contributed by atoms with van der Waals surface area (Å²) in [5.74, 6) is 1.37. The fourth-order valence-corrected chi connectivity index (χ4v) is 6.20. The molecule has 0 aromatic carbocycles. The average molecular weight is 398 g/mol. The van der Waals surface area contributed by atoms with Gasteiger partial charge in [0.2, 0.25) is 5.91 Å². The van der Waals surface area contributed by atoms with E-state index in [4.69, 9.17) is 0 Å². The van der Waals surface area contributed by atoms with Gasteiger partial charge in [0.1, 0.15) is 5.82 Å². The Hall–Kier alpha value is -2.22. The van der Waals surface area contributed by atoms with Crippen molar-refractivity contribution >= 4 is 23.3 Å². The van der Waals surface area contributed by atoms with Crippen LogP contribution in [0.15, 0.2) is 17.8 Å². The summed E-state index contributed by atoms with van der Waals surface area (Å²) in [6.45, 7) is 3.30. The number of aryl methyl sites for hydroxylation is 1. The second-order valence-corrected chi connectivity index (χ2v) is 9.85. The van der Waals surface area contributed by atoms with E-state index in [0.717, 1.165) is 43.9 Å². The molecule has 0 bridgehead atoms. The van der Waals surface area contributed by atoms with Crippen molar-refractivity contribution in [1.29, 1.82) is 0 Å². The zero-order chi connectivity index (χ0) is 19.1. The lowest BCUT2D eigenvalue weighted by molar-refractivity contribution is -0.151. The Bertz CT molecular complexity index is 976. The molecule has 0 radical (unpaired) electrons. The maximum atomic E-state index is 12.8. The number of hydrogen-bond acceptors (Lipinski definition) is 5. The van der Waals surface area contributed by atoms with Crippen molar-refractivity contribution in [2.24, 2.45) is 11.3 Å². The lowest BCUT2D eigenvalue weighted by Gasteiger charge is -2.51. The molecule has 1 N–H and O–H groups in total. The number of amides is 2. The van der Waals surface area contributed by atoms with Crippen LogP contribution in [0.5, 0.6) is 0 Å². The van der Waals surface area contributed by atoms with Gasteiger partial charge in [0.25, 0.3) is 5.91 Å². The van der Waals surface area contributed by atoms with Crippen LogP contribution >= 0.6 is 11.5 Å². The van der Waals surface area contributed by atoms with Gasteiger partial charge in [-0.2, -0.15) is 4.37 Å². The van der Waals surface area contributed by atoms with Gasteiger partial charge in [-0.1, -0.05) is 0 Å². The van der Waals surface area contributed by atoms with Crippen LogP contribution < -0.4 is 5.32 Å². The van der Waals surface area contributed by atoms with E-state index in [0.29, 0.717) is 16.9 Å². The number of aromatic nitrogens is 3. The zero-order valence-electron chi connectivity index (χ0n) is 15.9. The third-order valence-electron chi connectivity index (χ3n) is 7.32. The predicted octanol–water partition coefficient (Wildman–Crippen LogP) is 2.25. The minimum absolute atomic E-state index is 0.0979. The van der Waals surface area contributed by atoms with Crippen LogP contribution in [0.4, 0.5) is 0 Å². The SMILES string of the molecule is Cc1nscc1C(=O)NC1CC2(CN(C(=O)C3CC4(CC4)C3)C2)n2ccnc21. The van der Waals surface area contributed by atoms with Crippen LogP contribution in [0, 0.1) is 18.3 Å². The van der Waals surface area contributed by atoms with Crippen molar-refractivity contribution in [1.82, 2.24) is 24.1 Å². The standard InChI is InChI=1S/C20H23N5O2S/c1-12-14(9-28-23-12)17(26)22-15-8-20(25-5-4-21-16(15)25)10-24(11-20)18(27)13-6-19(7-13)2-3-19/h4-5,9,13,15H,2-3,6-8,10-11H2,1H3,(H,22,26). The molecule has 2 amide bonds. The highest BCUT2D eigenvalue weighted by Crippen LogP contribution is 2.63. The van der Waals surface area contributed by atoms with Crippen molar-refractivity contribution in [3.05, 3.63) is 34.9 Å². The molecule has 4 aliphatic rings. The molecule has 3 fully saturated rings. The molecular weight excluding hydrogens is 374 g/mol. The molecular formula is C20H23N5O2S. The van der Waals surface area contributed by atoms with Crippen LogP contribution in [0.2, 0.25) is 0 Å². The van der Waals surface area contributed by atoms with Crippen molar-refractivity contribution < 1.29 is 9.59 Å². The molecule has 6 rings (SSSR count). The summed E-state index contributed by atoms with van der Waals surface area (Å²) < 4.78 is 6.38. The van der Waals surface area contributed by atoms with Crippen LogP contribution in [0.3, 0.4) is 0 Å². The fourth-order valence-electron chi connectivity index (χ4n) is 5.51. The first-order chi connectivity index (χ1) is 13.5. The van der Waals surface area contributed by atoms with Crippen molar-refractivity contribution in [2.75, 3.05) is 13.1 Å². The minimum Gasteiger partial charge on any atom is -0.342 e. The predicted molar refractivity (Wildman–Crippen MR) is 103 cm³/mol. The Morgan fingerprint density at radius 2 is 2.04 bits per heavy atom. The molecule has 2 spiro atoms. The Kier molecular flexibility index (Phi) is 3.24. The van der Waals surface area contributed by atoms with Gasteiger partial charge in [-0.15, -0.1) is 0 Å². The smallest absolute Gasteiger partial charge is 0.254 e. The Morgan fingerprint density at radius 3 is 2.71 bits per heavy atom. The number of rotatable bonds is 3. The summed E-state index contributed by atoms with van der Waals surface area (Å²) in [7, 11) is 0. The van der Waals surface area contributed by atoms with Gasteiger partial charge in [0, 0.05) is 43.2 Å². The van der Waals surface area contributed by atoms with Crippen LogP contribution in [-0.2, 0) is 10.3 Å². The molecule has 2 aliphatic carbocycles. The molecule has 2 aromatic heterocycles. The summed E-state index contributed by atoms with van der Waals surface area (Å²) in [6, 6.07) is -0.127. The molecule has 1 unspecified atom stereocenters. The Labute approximate surface area is 167 Å². The Balaban J connectivity index is 1.15. The largest absolute Gasteiger partial charge is 0.342 e. The van der Waals surface area contributed by atoms with E-state index in [1.54, 1.807) is 11.6 Å². The van der Waals surface area contributed by atoms with Crippen molar-refractivity contribution in [3.8, 4) is 0 Å². The first-order valence-corrected chi connectivity index (χ1v) is 10.9. The van der Waals surface area contributed by atoms with Crippen LogP contribution in [0.25, 0.3) is 0 Å². The first kappa shape index (κ1) is 16.7. The average Bonchev–Trinajstić information content (AvgIpc) is 2.94. The van der Waals surface area contributed by atoms with Gasteiger partial charge >= 0.3 is 0 Å². The normalized spacial score (nSPS) is 26.0. The van der Waals surface area contributed by atoms with Crippen LogP contribution in [0.1, 0.15) is 60.0 Å². The number of imidazole rings is 1. The topological polar surface area (TPSA) is 80.1 Å². The summed E-state index contributed by atoms with van der Waals surface area (Å²) in [5, 5.41) is 4.93. The summed E-state index contributed by atoms with van der Waals surface area (Å²) in [4.78, 5) is 32.0. The third kappa shape index (κ3) is 2.27. The number of carbonyl (C=O) groups excluding carboxylic acids is 2. The summed E-state index contributed by atoms with van der Waals surface area (Å²) in [5.41, 5.74) is 1.82. The number of nitrogens with one attached hydrogen (secondary N) is 1. The van der Waals surface area contributed by atoms with Gasteiger partial charge in [-0.3, -0.25) is 9.59 Å². The molecule has 146 valence electrons. The third-order valence-corrected chi connectivity index (χ3v) is 8.04. The van der Waals surface area contributed by atoms with Gasteiger partial charge in [-0.05, 0) is 49.6 Å². The van der Waals surface area contributed by atoms with E-state index >= 15 is 0 Å². The second kappa shape index (κ2) is 5.43. The molecule has 8 heteroatoms. The molecule has 2 saturated carbocycles. The summed E-state index contributed by atoms with van der Waals surface area (Å²) >= 11 is 1.30. The van der Waals surface area contributed by atoms with Crippen LogP contribution in [-0.4, -0.2) is 43.7 Å². The number of nitrogens with zero attached hydrogens (tertiary/aromatic N) is 4. The quantitative estimate of drug-likeness (QED) is 0.861. The monoisotopic (exact) mass is 397 g/mol. The van der Waals surface area contributed by atoms with Gasteiger partial charge in [0.05, 0.1) is 22.8 Å². The molecule has 28 heavy (non-hydrogen) atoms. The van der Waals surface area contributed by atoms with E-state index in [2.05, 4.69) is 19.2 Å². The van der Waals surface area contributed by atoms with Gasteiger partial charge in [0.15, 0.2) is 0 Å². The van der Waals surface area contributed by atoms with E-state index in [-0.39, 0.29) is 23.4 Å². The lowest BCUT2D eigenvalue weighted by atomic mass is 9.70. The number of hydrogen-bond donors (Lipinski definition) is 1. The molecule has 4 heterocycles. The number of likely N-dealkylation sites (tertiary alicyclic amines) is 1. The maximum Gasteiger partial charge on any atom is 0.254 e. The first-order valence-electron chi connectivity index (χ1n) is 10.0. The van der Waals surface area contributed by atoms with Crippen molar-refractivity contribution in [2.45, 2.75) is 50.6 Å². The van der Waals surface area contributed by atoms with Crippen molar-refractivity contribution in [3.63, 3.8) is 0 Å². The highest BCUT2D eigenvalue weighted by atomic mass is 32.1. The highest BCUT2D eigenvalue weighted by molar-refractivity contribution is 7.03. The highest BCUT2D eigenvalue weighted by Gasteiger charge is 2.59. The minimum atomic E-state index is -0.127. The second-order valence-electron chi connectivity index (χ2n) is 9.22. The van der Waals surface area contributed by atoms with Gasteiger partial charge < -0.3 is 14.8 Å². The maximum absolute atomic E-state index is 12.8. The van der Waals surface area contributed by atoms with E-state index in [1.165, 1.54) is 24.4 Å². The van der Waals surface area contributed by atoms with E-state index in [9.17, 15) is 9.59 Å². The molecule has 7 nitrogen and oxygen atoms in total. The number of carbonyl (C=O) groups is 2. The Morgan fingerprint density at radius 1 is 1.25 bits per heavy atom. The summed E-state index contributed by atoms with van der Waals surface area (Å²) in [6.07, 6.45) is 9.40. The van der Waals surface area contributed by atoms with E-state index in [1.807, 2.05) is 18.0 Å².